The second-order valence-corrected chi connectivity index (χ2v) is 9.21. The van der Waals surface area contributed by atoms with Crippen LogP contribution in [0, 0.1) is 0 Å². The van der Waals surface area contributed by atoms with Crippen LogP contribution < -0.4 is 9.13 Å². The van der Waals surface area contributed by atoms with E-state index in [-0.39, 0.29) is 0 Å². The van der Waals surface area contributed by atoms with Crippen LogP contribution in [0.2, 0.25) is 0 Å². The smallest absolute Gasteiger partial charge is 0.254 e. The first-order valence-corrected chi connectivity index (χ1v) is 13.7. The first kappa shape index (κ1) is 31.3. The fraction of sp³-hybridized carbons (Fsp3) is 0.750. The van der Waals surface area contributed by atoms with E-state index in [4.69, 9.17) is 17.5 Å². The molecule has 9 heteroatoms. The Morgan fingerprint density at radius 2 is 0.939 bits per heavy atom. The molecule has 0 aromatic carbocycles. The SMILES string of the molecule is CCCCc1c[nH]c(CCCC)[n+]1C.CCCCc1c[nH]c(CCCC)[n+]1C.O=S(=O)([O-])[O-]. The van der Waals surface area contributed by atoms with Gasteiger partial charge in [-0.05, 0) is 25.7 Å². The zero-order valence-corrected chi connectivity index (χ0v) is 22.4. The fourth-order valence-electron chi connectivity index (χ4n) is 3.43. The number of aryl methyl sites for hydroxylation is 4. The summed E-state index contributed by atoms with van der Waals surface area (Å²) in [4.78, 5) is 6.76. The van der Waals surface area contributed by atoms with Crippen LogP contribution in [-0.2, 0) is 50.2 Å². The highest BCUT2D eigenvalue weighted by molar-refractivity contribution is 7.79. The maximum Gasteiger partial charge on any atom is 0.254 e. The molecule has 33 heavy (non-hydrogen) atoms. The van der Waals surface area contributed by atoms with Gasteiger partial charge < -0.3 is 9.11 Å². The summed E-state index contributed by atoms with van der Waals surface area (Å²) in [6.45, 7) is 8.96. The highest BCUT2D eigenvalue weighted by Crippen LogP contribution is 2.04. The highest BCUT2D eigenvalue weighted by Gasteiger charge is 2.13. The molecule has 0 unspecified atom stereocenters. The first-order chi connectivity index (χ1) is 15.6. The number of nitrogens with zero attached hydrogens (tertiary/aromatic N) is 2. The summed E-state index contributed by atoms with van der Waals surface area (Å²) in [5.74, 6) is 2.75. The number of H-pyrrole nitrogens is 2. The average molecular weight is 487 g/mol. The third-order valence-corrected chi connectivity index (χ3v) is 5.59. The highest BCUT2D eigenvalue weighted by atomic mass is 32.3. The molecule has 0 aliphatic carbocycles. The lowest BCUT2D eigenvalue weighted by Crippen LogP contribution is -2.35. The van der Waals surface area contributed by atoms with Gasteiger partial charge in [0.15, 0.2) is 0 Å². The Kier molecular flexibility index (Phi) is 16.8. The predicted molar refractivity (Wildman–Crippen MR) is 129 cm³/mol. The zero-order chi connectivity index (χ0) is 25.3. The minimum Gasteiger partial charge on any atom is -0.759 e. The lowest BCUT2D eigenvalue weighted by Gasteiger charge is -2.06. The molecule has 0 atom stereocenters. The van der Waals surface area contributed by atoms with Crippen molar-refractivity contribution < 1.29 is 26.7 Å². The van der Waals surface area contributed by atoms with Crippen molar-refractivity contribution >= 4 is 10.4 Å². The van der Waals surface area contributed by atoms with E-state index in [1.807, 2.05) is 0 Å². The van der Waals surface area contributed by atoms with Gasteiger partial charge in [-0.1, -0.05) is 53.4 Å². The Hall–Kier alpha value is -1.71. The molecule has 2 rings (SSSR count). The summed E-state index contributed by atoms with van der Waals surface area (Å²) < 4.78 is 38.7. The molecule has 0 spiro atoms. The van der Waals surface area contributed by atoms with E-state index in [1.54, 1.807) is 0 Å². The summed E-state index contributed by atoms with van der Waals surface area (Å²) in [6, 6.07) is 0. The van der Waals surface area contributed by atoms with Gasteiger partial charge >= 0.3 is 0 Å². The summed E-state index contributed by atoms with van der Waals surface area (Å²) in [5, 5.41) is 0. The van der Waals surface area contributed by atoms with Gasteiger partial charge in [0, 0.05) is 36.1 Å². The van der Waals surface area contributed by atoms with Crippen LogP contribution in [0.3, 0.4) is 0 Å². The van der Waals surface area contributed by atoms with Crippen LogP contribution in [0.15, 0.2) is 12.4 Å². The zero-order valence-electron chi connectivity index (χ0n) is 21.6. The Bertz CT molecular complexity index is 745. The van der Waals surface area contributed by atoms with Gasteiger partial charge in [0.1, 0.15) is 23.8 Å². The minimum atomic E-state index is -5.17. The molecule has 2 N–H and O–H groups in total. The number of nitrogens with one attached hydrogen (secondary N) is 2. The van der Waals surface area contributed by atoms with E-state index >= 15 is 0 Å². The predicted octanol–water partition coefficient (Wildman–Crippen LogP) is 3.71. The number of aromatic nitrogens is 4. The van der Waals surface area contributed by atoms with Crippen LogP contribution in [0.1, 0.15) is 102 Å². The standard InChI is InChI=1S/2C12H22N2.H2O4S/c2*1-4-6-8-11-10-13-12(14(11)3)9-7-5-2;1-5(2,3)4/h2*10H,4-9H2,1-3H3;(H2,1,2,3,4). The van der Waals surface area contributed by atoms with Crippen LogP contribution >= 0.6 is 0 Å². The maximum absolute atomic E-state index is 8.52. The molecule has 0 amide bonds. The molecule has 0 fully saturated rings. The second kappa shape index (κ2) is 17.7. The first-order valence-electron chi connectivity index (χ1n) is 12.4. The normalized spacial score (nSPS) is 10.9. The lowest BCUT2D eigenvalue weighted by molar-refractivity contribution is -0.685. The number of aromatic amines is 2. The molecule has 2 heterocycles. The largest absolute Gasteiger partial charge is 0.759 e. The quantitative estimate of drug-likeness (QED) is 0.270. The molecule has 2 aromatic heterocycles. The number of imidazole rings is 2. The van der Waals surface area contributed by atoms with E-state index in [2.05, 4.69) is 73.3 Å². The van der Waals surface area contributed by atoms with Crippen LogP contribution in [0.4, 0.5) is 0 Å². The number of unbranched alkanes of at least 4 members (excludes halogenated alkanes) is 4. The Morgan fingerprint density at radius 1 is 0.667 bits per heavy atom. The van der Waals surface area contributed by atoms with Crippen molar-refractivity contribution in [2.24, 2.45) is 14.1 Å². The molecule has 0 aliphatic rings. The van der Waals surface area contributed by atoms with Crippen molar-refractivity contribution in [1.82, 2.24) is 9.97 Å². The third-order valence-electron chi connectivity index (χ3n) is 5.59. The molecular formula is C24H46N4O4S. The number of hydrogen-bond acceptors (Lipinski definition) is 4. The third kappa shape index (κ3) is 14.9. The second-order valence-electron chi connectivity index (χ2n) is 8.39. The van der Waals surface area contributed by atoms with Crippen molar-refractivity contribution in [1.29, 1.82) is 0 Å². The van der Waals surface area contributed by atoms with Crippen molar-refractivity contribution in [2.75, 3.05) is 0 Å². The van der Waals surface area contributed by atoms with E-state index in [9.17, 15) is 0 Å². The van der Waals surface area contributed by atoms with E-state index in [0.29, 0.717) is 0 Å². The molecule has 8 nitrogen and oxygen atoms in total. The Labute approximate surface area is 201 Å². The van der Waals surface area contributed by atoms with Crippen molar-refractivity contribution in [2.45, 2.75) is 105 Å². The van der Waals surface area contributed by atoms with Crippen molar-refractivity contribution in [3.05, 3.63) is 35.4 Å². The van der Waals surface area contributed by atoms with Gasteiger partial charge in [-0.25, -0.2) is 19.1 Å². The van der Waals surface area contributed by atoms with Gasteiger partial charge in [0.25, 0.3) is 11.6 Å². The van der Waals surface area contributed by atoms with E-state index < -0.39 is 10.4 Å². The Morgan fingerprint density at radius 3 is 1.21 bits per heavy atom. The average Bonchev–Trinajstić information content (AvgIpc) is 3.28. The molecule has 0 aliphatic heterocycles. The van der Waals surface area contributed by atoms with Crippen LogP contribution in [0.25, 0.3) is 0 Å². The maximum atomic E-state index is 8.52. The van der Waals surface area contributed by atoms with Gasteiger partial charge in [-0.3, -0.25) is 8.42 Å². The summed E-state index contributed by atoms with van der Waals surface area (Å²) >= 11 is 0. The lowest BCUT2D eigenvalue weighted by atomic mass is 10.2. The Balaban J connectivity index is 0.000000517. The molecule has 0 radical (unpaired) electrons. The van der Waals surface area contributed by atoms with Crippen molar-refractivity contribution in [3.63, 3.8) is 0 Å². The fourth-order valence-corrected chi connectivity index (χ4v) is 3.43. The van der Waals surface area contributed by atoms with E-state index in [0.717, 1.165) is 0 Å². The molecule has 0 saturated heterocycles. The monoisotopic (exact) mass is 486 g/mol. The topological polar surface area (TPSA) is 120 Å². The van der Waals surface area contributed by atoms with Crippen LogP contribution in [0.5, 0.6) is 0 Å². The van der Waals surface area contributed by atoms with Gasteiger partial charge in [-0.2, -0.15) is 0 Å². The molecular weight excluding hydrogens is 440 g/mol. The summed E-state index contributed by atoms with van der Waals surface area (Å²) in [7, 11) is -0.820. The van der Waals surface area contributed by atoms with E-state index in [1.165, 1.54) is 100 Å². The number of rotatable bonds is 12. The van der Waals surface area contributed by atoms with Gasteiger partial charge in [0.2, 0.25) is 0 Å². The van der Waals surface area contributed by atoms with Gasteiger partial charge in [-0.15, -0.1) is 0 Å². The molecule has 0 bridgehead atoms. The summed E-state index contributed by atoms with van der Waals surface area (Å²) in [6.07, 6.45) is 19.3. The number of hydrogen-bond donors (Lipinski definition) is 2. The molecule has 2 aromatic rings. The summed E-state index contributed by atoms with van der Waals surface area (Å²) in [5.41, 5.74) is 2.89. The van der Waals surface area contributed by atoms with Crippen molar-refractivity contribution in [3.8, 4) is 0 Å². The molecule has 192 valence electrons. The van der Waals surface area contributed by atoms with Gasteiger partial charge in [0.05, 0.1) is 14.1 Å². The van der Waals surface area contributed by atoms with Crippen LogP contribution in [-0.4, -0.2) is 27.5 Å². The minimum absolute atomic E-state index is 1.18. The molecule has 0 saturated carbocycles.